The third-order valence-corrected chi connectivity index (χ3v) is 3.38. The van der Waals surface area contributed by atoms with Crippen molar-refractivity contribution in [2.24, 2.45) is 0 Å². The van der Waals surface area contributed by atoms with E-state index in [0.29, 0.717) is 24.2 Å². The fourth-order valence-electron chi connectivity index (χ4n) is 2.47. The highest BCUT2D eigenvalue weighted by molar-refractivity contribution is 5.09. The molecule has 96 valence electrons. The lowest BCUT2D eigenvalue weighted by atomic mass is 9.95. The lowest BCUT2D eigenvalue weighted by Gasteiger charge is -2.23. The average Bonchev–Trinajstić information content (AvgIpc) is 3.00. The zero-order valence-electron chi connectivity index (χ0n) is 10.5. The molecule has 0 spiro atoms. The Balaban J connectivity index is 1.78. The molecule has 3 heterocycles. The molecule has 18 heavy (non-hydrogen) atoms. The second-order valence-electron chi connectivity index (χ2n) is 4.71. The predicted octanol–water partition coefficient (Wildman–Crippen LogP) is 1.09. The van der Waals surface area contributed by atoms with E-state index in [2.05, 4.69) is 25.0 Å². The first-order valence-corrected chi connectivity index (χ1v) is 6.33. The lowest BCUT2D eigenvalue weighted by molar-refractivity contribution is 0.362. The fourth-order valence-corrected chi connectivity index (χ4v) is 2.47. The summed E-state index contributed by atoms with van der Waals surface area (Å²) in [5, 5.41) is 7.19. The minimum Gasteiger partial charge on any atom is -0.337 e. The Morgan fingerprint density at radius 1 is 1.44 bits per heavy atom. The van der Waals surface area contributed by atoms with Crippen molar-refractivity contribution in [2.45, 2.75) is 32.2 Å². The van der Waals surface area contributed by atoms with Crippen LogP contribution in [-0.4, -0.2) is 32.8 Å². The summed E-state index contributed by atoms with van der Waals surface area (Å²) in [4.78, 5) is 8.49. The Hall–Kier alpha value is -1.69. The van der Waals surface area contributed by atoms with Crippen molar-refractivity contribution >= 4 is 0 Å². The molecule has 0 radical (unpaired) electrons. The van der Waals surface area contributed by atoms with E-state index in [9.17, 15) is 0 Å². The number of rotatable bonds is 3. The van der Waals surface area contributed by atoms with Crippen molar-refractivity contribution < 1.29 is 4.52 Å². The van der Waals surface area contributed by atoms with Gasteiger partial charge in [0.25, 0.3) is 0 Å². The first-order chi connectivity index (χ1) is 8.83. The van der Waals surface area contributed by atoms with Gasteiger partial charge in [-0.2, -0.15) is 4.98 Å². The van der Waals surface area contributed by atoms with Gasteiger partial charge in [-0.25, -0.2) is 4.98 Å². The van der Waals surface area contributed by atoms with Crippen molar-refractivity contribution in [3.63, 3.8) is 0 Å². The van der Waals surface area contributed by atoms with Crippen LogP contribution in [-0.2, 0) is 6.54 Å². The van der Waals surface area contributed by atoms with E-state index in [-0.39, 0.29) is 0 Å². The van der Waals surface area contributed by atoms with Gasteiger partial charge in [-0.05, 0) is 32.9 Å². The van der Waals surface area contributed by atoms with E-state index >= 15 is 0 Å². The van der Waals surface area contributed by atoms with Crippen molar-refractivity contribution in [1.82, 2.24) is 25.0 Å². The number of aromatic nitrogens is 4. The first-order valence-electron chi connectivity index (χ1n) is 6.33. The number of nitrogens with one attached hydrogen (secondary N) is 1. The Labute approximate surface area is 105 Å². The van der Waals surface area contributed by atoms with Crippen LogP contribution in [0.3, 0.4) is 0 Å². The van der Waals surface area contributed by atoms with Crippen LogP contribution in [0.4, 0.5) is 0 Å². The van der Waals surface area contributed by atoms with Gasteiger partial charge < -0.3 is 14.4 Å². The maximum absolute atomic E-state index is 5.16. The zero-order chi connectivity index (χ0) is 12.4. The molecule has 1 saturated heterocycles. The van der Waals surface area contributed by atoms with Gasteiger partial charge in [-0.1, -0.05) is 5.16 Å². The first kappa shape index (κ1) is 11.4. The van der Waals surface area contributed by atoms with Crippen LogP contribution in [0.25, 0.3) is 0 Å². The quantitative estimate of drug-likeness (QED) is 0.879. The van der Waals surface area contributed by atoms with Crippen LogP contribution < -0.4 is 5.32 Å². The van der Waals surface area contributed by atoms with Crippen molar-refractivity contribution in [2.75, 3.05) is 13.1 Å². The van der Waals surface area contributed by atoms with E-state index in [4.69, 9.17) is 4.52 Å². The fraction of sp³-hybridized carbons (Fsp3) is 0.583. The standard InChI is InChI=1S/C12H17N5O/c1-9-15-12(18-16-9)7-17-8-14-6-11(17)10-2-4-13-5-3-10/h6,8,10,13H,2-5,7H2,1H3. The SMILES string of the molecule is Cc1noc(Cn2cncc2C2CCNCC2)n1. The summed E-state index contributed by atoms with van der Waals surface area (Å²) < 4.78 is 7.27. The van der Waals surface area contributed by atoms with Crippen LogP contribution in [0.5, 0.6) is 0 Å². The molecule has 1 N–H and O–H groups in total. The van der Waals surface area contributed by atoms with Crippen molar-refractivity contribution in [3.05, 3.63) is 29.9 Å². The van der Waals surface area contributed by atoms with Crippen molar-refractivity contribution in [1.29, 1.82) is 0 Å². The molecule has 1 fully saturated rings. The average molecular weight is 247 g/mol. The lowest BCUT2D eigenvalue weighted by Crippen LogP contribution is -2.27. The number of aryl methyl sites for hydroxylation is 1. The number of nitrogens with zero attached hydrogens (tertiary/aromatic N) is 4. The summed E-state index contributed by atoms with van der Waals surface area (Å²) >= 11 is 0. The largest absolute Gasteiger partial charge is 0.337 e. The molecule has 1 aliphatic rings. The van der Waals surface area contributed by atoms with Crippen LogP contribution in [0, 0.1) is 6.92 Å². The molecule has 0 amide bonds. The molecule has 0 bridgehead atoms. The Kier molecular flexibility index (Phi) is 3.10. The summed E-state index contributed by atoms with van der Waals surface area (Å²) in [6.07, 6.45) is 6.12. The Morgan fingerprint density at radius 3 is 3.00 bits per heavy atom. The molecule has 1 aliphatic heterocycles. The summed E-state index contributed by atoms with van der Waals surface area (Å²) in [6.45, 7) is 4.60. The molecule has 0 atom stereocenters. The summed E-state index contributed by atoms with van der Waals surface area (Å²) in [6, 6.07) is 0. The normalized spacial score (nSPS) is 17.2. The minimum atomic E-state index is 0.581. The Bertz CT molecular complexity index is 512. The number of hydrogen-bond donors (Lipinski definition) is 1. The van der Waals surface area contributed by atoms with Crippen molar-refractivity contribution in [3.8, 4) is 0 Å². The maximum Gasteiger partial charge on any atom is 0.246 e. The van der Waals surface area contributed by atoms with Gasteiger partial charge in [0.2, 0.25) is 5.89 Å². The van der Waals surface area contributed by atoms with Crippen LogP contribution in [0.2, 0.25) is 0 Å². The van der Waals surface area contributed by atoms with Gasteiger partial charge in [0.1, 0.15) is 6.54 Å². The molecule has 0 unspecified atom stereocenters. The van der Waals surface area contributed by atoms with Crippen LogP contribution >= 0.6 is 0 Å². The number of imidazole rings is 1. The molecule has 0 saturated carbocycles. The zero-order valence-corrected chi connectivity index (χ0v) is 10.5. The van der Waals surface area contributed by atoms with E-state index in [1.54, 1.807) is 0 Å². The molecule has 3 rings (SSSR count). The molecule has 0 aliphatic carbocycles. The predicted molar refractivity (Wildman–Crippen MR) is 65.2 cm³/mol. The van der Waals surface area contributed by atoms with Gasteiger partial charge >= 0.3 is 0 Å². The molecule has 2 aromatic rings. The summed E-state index contributed by atoms with van der Waals surface area (Å²) in [5.41, 5.74) is 1.27. The third kappa shape index (κ3) is 2.28. The number of hydrogen-bond acceptors (Lipinski definition) is 5. The van der Waals surface area contributed by atoms with Gasteiger partial charge in [-0.15, -0.1) is 0 Å². The molecular formula is C12H17N5O. The highest BCUT2D eigenvalue weighted by Crippen LogP contribution is 2.25. The highest BCUT2D eigenvalue weighted by Gasteiger charge is 2.19. The highest BCUT2D eigenvalue weighted by atomic mass is 16.5. The second kappa shape index (κ2) is 4.89. The molecule has 6 nitrogen and oxygen atoms in total. The molecule has 0 aromatic carbocycles. The maximum atomic E-state index is 5.16. The Morgan fingerprint density at radius 2 is 2.28 bits per heavy atom. The third-order valence-electron chi connectivity index (χ3n) is 3.38. The molecular weight excluding hydrogens is 230 g/mol. The monoisotopic (exact) mass is 247 g/mol. The smallest absolute Gasteiger partial charge is 0.246 e. The second-order valence-corrected chi connectivity index (χ2v) is 4.71. The number of piperidine rings is 1. The molecule has 2 aromatic heterocycles. The van der Waals surface area contributed by atoms with Gasteiger partial charge in [0.05, 0.1) is 6.33 Å². The minimum absolute atomic E-state index is 0.581. The van der Waals surface area contributed by atoms with Gasteiger partial charge in [-0.3, -0.25) is 0 Å². The van der Waals surface area contributed by atoms with E-state index in [0.717, 1.165) is 25.9 Å². The van der Waals surface area contributed by atoms with Crippen LogP contribution in [0.15, 0.2) is 17.0 Å². The van der Waals surface area contributed by atoms with E-state index in [1.807, 2.05) is 19.4 Å². The van der Waals surface area contributed by atoms with E-state index < -0.39 is 0 Å². The van der Waals surface area contributed by atoms with Gasteiger partial charge in [0.15, 0.2) is 5.82 Å². The van der Waals surface area contributed by atoms with E-state index in [1.165, 1.54) is 5.69 Å². The molecule has 6 heteroatoms. The summed E-state index contributed by atoms with van der Waals surface area (Å²) in [7, 11) is 0. The van der Waals surface area contributed by atoms with Crippen LogP contribution in [0.1, 0.15) is 36.2 Å². The summed E-state index contributed by atoms with van der Waals surface area (Å²) in [5.74, 6) is 1.90. The van der Waals surface area contributed by atoms with Gasteiger partial charge in [0, 0.05) is 17.8 Å². The topological polar surface area (TPSA) is 68.8 Å².